The Morgan fingerprint density at radius 2 is 1.94 bits per heavy atom. The fraction of sp³-hybridized carbons (Fsp3) is 0.333. The van der Waals surface area contributed by atoms with Gasteiger partial charge in [-0.05, 0) is 42.5 Å². The summed E-state index contributed by atoms with van der Waals surface area (Å²) in [5.41, 5.74) is 2.79. The van der Waals surface area contributed by atoms with Gasteiger partial charge in [-0.3, -0.25) is 0 Å². The van der Waals surface area contributed by atoms with Crippen LogP contribution < -0.4 is 5.32 Å². The van der Waals surface area contributed by atoms with E-state index in [4.69, 9.17) is 0 Å². The minimum atomic E-state index is 0.447. The SMILES string of the molecule is CCNC(Cc1ccccc1)c1sccc1C. The van der Waals surface area contributed by atoms with E-state index >= 15 is 0 Å². The minimum absolute atomic E-state index is 0.447. The van der Waals surface area contributed by atoms with Gasteiger partial charge in [-0.2, -0.15) is 0 Å². The molecule has 2 aromatic rings. The molecule has 1 N–H and O–H groups in total. The molecule has 0 aliphatic heterocycles. The Balaban J connectivity index is 2.16. The van der Waals surface area contributed by atoms with Crippen LogP contribution >= 0.6 is 11.3 Å². The highest BCUT2D eigenvalue weighted by Crippen LogP contribution is 2.26. The van der Waals surface area contributed by atoms with Crippen molar-refractivity contribution in [3.63, 3.8) is 0 Å². The third-order valence-corrected chi connectivity index (χ3v) is 4.08. The molecular weight excluding hydrogens is 226 g/mol. The van der Waals surface area contributed by atoms with Gasteiger partial charge in [0, 0.05) is 10.9 Å². The van der Waals surface area contributed by atoms with Crippen molar-refractivity contribution in [1.82, 2.24) is 5.32 Å². The van der Waals surface area contributed by atoms with E-state index in [-0.39, 0.29) is 0 Å². The number of benzene rings is 1. The fourth-order valence-corrected chi connectivity index (χ4v) is 3.10. The molecule has 0 aliphatic carbocycles. The smallest absolute Gasteiger partial charge is 0.0458 e. The Morgan fingerprint density at radius 3 is 2.53 bits per heavy atom. The zero-order valence-corrected chi connectivity index (χ0v) is 11.3. The van der Waals surface area contributed by atoms with Gasteiger partial charge in [-0.25, -0.2) is 0 Å². The Labute approximate surface area is 108 Å². The first-order valence-electron chi connectivity index (χ1n) is 6.12. The van der Waals surface area contributed by atoms with Gasteiger partial charge in [0.05, 0.1) is 0 Å². The van der Waals surface area contributed by atoms with Crippen LogP contribution in [0.25, 0.3) is 0 Å². The van der Waals surface area contributed by atoms with Gasteiger partial charge < -0.3 is 5.32 Å². The normalized spacial score (nSPS) is 12.6. The van der Waals surface area contributed by atoms with E-state index in [1.807, 2.05) is 11.3 Å². The molecule has 0 amide bonds. The van der Waals surface area contributed by atoms with E-state index in [2.05, 4.69) is 60.9 Å². The van der Waals surface area contributed by atoms with Gasteiger partial charge in [0.15, 0.2) is 0 Å². The minimum Gasteiger partial charge on any atom is -0.309 e. The maximum atomic E-state index is 3.58. The van der Waals surface area contributed by atoms with E-state index in [1.165, 1.54) is 16.0 Å². The molecular formula is C15H19NS. The van der Waals surface area contributed by atoms with E-state index in [0.29, 0.717) is 6.04 Å². The second-order valence-corrected chi connectivity index (χ2v) is 5.22. The summed E-state index contributed by atoms with van der Waals surface area (Å²) in [6.45, 7) is 5.37. The number of hydrogen-bond donors (Lipinski definition) is 1. The molecule has 1 aromatic carbocycles. The highest BCUT2D eigenvalue weighted by molar-refractivity contribution is 7.10. The predicted molar refractivity (Wildman–Crippen MR) is 75.6 cm³/mol. The fourth-order valence-electron chi connectivity index (χ4n) is 2.10. The number of thiophene rings is 1. The molecule has 0 spiro atoms. The van der Waals surface area contributed by atoms with Gasteiger partial charge in [0.1, 0.15) is 0 Å². The molecule has 0 saturated heterocycles. The van der Waals surface area contributed by atoms with Crippen LogP contribution in [0.3, 0.4) is 0 Å². The zero-order valence-electron chi connectivity index (χ0n) is 10.4. The number of aryl methyl sites for hydroxylation is 1. The van der Waals surface area contributed by atoms with Crippen molar-refractivity contribution in [2.45, 2.75) is 26.3 Å². The van der Waals surface area contributed by atoms with E-state index < -0.39 is 0 Å². The molecule has 1 heterocycles. The Morgan fingerprint density at radius 1 is 1.18 bits per heavy atom. The second-order valence-electron chi connectivity index (χ2n) is 4.27. The average Bonchev–Trinajstić information content (AvgIpc) is 2.76. The summed E-state index contributed by atoms with van der Waals surface area (Å²) >= 11 is 1.85. The van der Waals surface area contributed by atoms with Crippen LogP contribution in [0.1, 0.15) is 29.0 Å². The number of rotatable bonds is 5. The van der Waals surface area contributed by atoms with Crippen LogP contribution in [-0.4, -0.2) is 6.54 Å². The molecule has 1 unspecified atom stereocenters. The average molecular weight is 245 g/mol. The number of nitrogens with one attached hydrogen (secondary N) is 1. The van der Waals surface area contributed by atoms with Gasteiger partial charge in [-0.1, -0.05) is 37.3 Å². The third kappa shape index (κ3) is 3.18. The summed E-state index contributed by atoms with van der Waals surface area (Å²) in [6.07, 6.45) is 1.07. The van der Waals surface area contributed by atoms with Crippen molar-refractivity contribution in [1.29, 1.82) is 0 Å². The van der Waals surface area contributed by atoms with Crippen molar-refractivity contribution >= 4 is 11.3 Å². The summed E-state index contributed by atoms with van der Waals surface area (Å²) in [5.74, 6) is 0. The second kappa shape index (κ2) is 5.99. The molecule has 1 aromatic heterocycles. The molecule has 17 heavy (non-hydrogen) atoms. The number of hydrogen-bond acceptors (Lipinski definition) is 2. The van der Waals surface area contributed by atoms with Crippen molar-refractivity contribution in [2.75, 3.05) is 6.54 Å². The molecule has 2 heteroatoms. The first kappa shape index (κ1) is 12.3. The van der Waals surface area contributed by atoms with Crippen LogP contribution in [0.15, 0.2) is 41.8 Å². The summed E-state index contributed by atoms with van der Waals surface area (Å²) in [7, 11) is 0. The predicted octanol–water partition coefficient (Wildman–Crippen LogP) is 3.95. The highest BCUT2D eigenvalue weighted by atomic mass is 32.1. The highest BCUT2D eigenvalue weighted by Gasteiger charge is 2.14. The molecule has 0 saturated carbocycles. The van der Waals surface area contributed by atoms with Crippen LogP contribution in [0.4, 0.5) is 0 Å². The molecule has 0 bridgehead atoms. The first-order valence-corrected chi connectivity index (χ1v) is 7.00. The zero-order chi connectivity index (χ0) is 12.1. The van der Waals surface area contributed by atoms with Crippen LogP contribution in [0.5, 0.6) is 0 Å². The third-order valence-electron chi connectivity index (χ3n) is 2.95. The van der Waals surface area contributed by atoms with Crippen LogP contribution in [-0.2, 0) is 6.42 Å². The van der Waals surface area contributed by atoms with Crippen LogP contribution in [0.2, 0.25) is 0 Å². The van der Waals surface area contributed by atoms with Gasteiger partial charge in [0.2, 0.25) is 0 Å². The van der Waals surface area contributed by atoms with E-state index in [0.717, 1.165) is 13.0 Å². The summed E-state index contributed by atoms with van der Waals surface area (Å²) in [4.78, 5) is 1.47. The lowest BCUT2D eigenvalue weighted by Crippen LogP contribution is -2.22. The Kier molecular flexibility index (Phi) is 4.35. The summed E-state index contributed by atoms with van der Waals surface area (Å²) < 4.78 is 0. The molecule has 90 valence electrons. The first-order chi connectivity index (χ1) is 8.31. The molecule has 2 rings (SSSR count). The van der Waals surface area contributed by atoms with Crippen LogP contribution in [0, 0.1) is 6.92 Å². The van der Waals surface area contributed by atoms with E-state index in [1.54, 1.807) is 0 Å². The van der Waals surface area contributed by atoms with Crippen molar-refractivity contribution in [2.24, 2.45) is 0 Å². The van der Waals surface area contributed by atoms with Gasteiger partial charge >= 0.3 is 0 Å². The number of likely N-dealkylation sites (N-methyl/N-ethyl adjacent to an activating group) is 1. The lowest BCUT2D eigenvalue weighted by atomic mass is 10.0. The lowest BCUT2D eigenvalue weighted by molar-refractivity contribution is 0.556. The molecule has 1 atom stereocenters. The monoisotopic (exact) mass is 245 g/mol. The maximum absolute atomic E-state index is 3.58. The Bertz CT molecular complexity index is 447. The van der Waals surface area contributed by atoms with Gasteiger partial charge in [0.25, 0.3) is 0 Å². The van der Waals surface area contributed by atoms with Crippen molar-refractivity contribution in [3.05, 3.63) is 57.8 Å². The van der Waals surface area contributed by atoms with Crippen molar-refractivity contribution < 1.29 is 0 Å². The molecule has 0 aliphatic rings. The molecule has 0 radical (unpaired) electrons. The van der Waals surface area contributed by atoms with Gasteiger partial charge in [-0.15, -0.1) is 11.3 Å². The topological polar surface area (TPSA) is 12.0 Å². The molecule has 1 nitrogen and oxygen atoms in total. The quantitative estimate of drug-likeness (QED) is 0.841. The standard InChI is InChI=1S/C15H19NS/c1-3-16-14(15-12(2)9-10-17-15)11-13-7-5-4-6-8-13/h4-10,14,16H,3,11H2,1-2H3. The lowest BCUT2D eigenvalue weighted by Gasteiger charge is -2.17. The summed E-state index contributed by atoms with van der Waals surface area (Å²) in [5, 5.41) is 5.77. The Hall–Kier alpha value is -1.12. The molecule has 0 fully saturated rings. The van der Waals surface area contributed by atoms with E-state index in [9.17, 15) is 0 Å². The maximum Gasteiger partial charge on any atom is 0.0458 e. The largest absolute Gasteiger partial charge is 0.309 e. The van der Waals surface area contributed by atoms with Crippen molar-refractivity contribution in [3.8, 4) is 0 Å². The summed E-state index contributed by atoms with van der Waals surface area (Å²) in [6, 6.07) is 13.3.